The van der Waals surface area contributed by atoms with Crippen molar-refractivity contribution >= 4 is 5.91 Å². The fourth-order valence-electron chi connectivity index (χ4n) is 2.00. The molecule has 1 unspecified atom stereocenters. The normalized spacial score (nSPS) is 22.1. The highest BCUT2D eigenvalue weighted by Gasteiger charge is 2.21. The minimum atomic E-state index is 0.111. The van der Waals surface area contributed by atoms with Gasteiger partial charge >= 0.3 is 0 Å². The zero-order valence-electron chi connectivity index (χ0n) is 9.78. The number of aliphatic hydroxyl groups is 1. The Balaban J connectivity index is 2.32. The maximum Gasteiger partial charge on any atom is 0.236 e. The van der Waals surface area contributed by atoms with E-state index in [1.54, 1.807) is 0 Å². The quantitative estimate of drug-likeness (QED) is 0.725. The molecule has 0 aromatic rings. The molecule has 0 bridgehead atoms. The molecule has 0 spiro atoms. The molecule has 0 radical (unpaired) electrons. The predicted octanol–water partition coefficient (Wildman–Crippen LogP) is 0.169. The smallest absolute Gasteiger partial charge is 0.236 e. The van der Waals surface area contributed by atoms with Crippen LogP contribution in [0.3, 0.4) is 0 Å². The van der Waals surface area contributed by atoms with Gasteiger partial charge in [0.25, 0.3) is 0 Å². The lowest BCUT2D eigenvalue weighted by molar-refractivity contribution is -0.133. The second-order valence-electron chi connectivity index (χ2n) is 4.55. The molecular formula is C11H22N2O2. The highest BCUT2D eigenvalue weighted by molar-refractivity contribution is 5.78. The van der Waals surface area contributed by atoms with Crippen LogP contribution in [0.1, 0.15) is 19.8 Å². The summed E-state index contributed by atoms with van der Waals surface area (Å²) in [4.78, 5) is 15.6. The van der Waals surface area contributed by atoms with Crippen molar-refractivity contribution in [2.75, 3.05) is 39.8 Å². The summed E-state index contributed by atoms with van der Waals surface area (Å²) in [6.45, 7) is 5.08. The van der Waals surface area contributed by atoms with Crippen molar-refractivity contribution in [3.05, 3.63) is 0 Å². The van der Waals surface area contributed by atoms with Crippen LogP contribution in [-0.4, -0.2) is 60.6 Å². The van der Waals surface area contributed by atoms with Crippen molar-refractivity contribution in [2.45, 2.75) is 19.8 Å². The number of hydrogen-bond donors (Lipinski definition) is 1. The molecule has 4 heteroatoms. The molecule has 1 fully saturated rings. The number of carbonyl (C=O) groups is 1. The summed E-state index contributed by atoms with van der Waals surface area (Å²) < 4.78 is 0. The van der Waals surface area contributed by atoms with Gasteiger partial charge in [0, 0.05) is 19.6 Å². The van der Waals surface area contributed by atoms with Gasteiger partial charge in [-0.25, -0.2) is 0 Å². The van der Waals surface area contributed by atoms with Gasteiger partial charge in [-0.1, -0.05) is 6.92 Å². The summed E-state index contributed by atoms with van der Waals surface area (Å²) in [5.41, 5.74) is 0. The first-order valence-electron chi connectivity index (χ1n) is 5.70. The lowest BCUT2D eigenvalue weighted by Crippen LogP contribution is -2.44. The zero-order chi connectivity index (χ0) is 11.3. The van der Waals surface area contributed by atoms with Crippen LogP contribution in [0.15, 0.2) is 0 Å². The van der Waals surface area contributed by atoms with Gasteiger partial charge in [-0.2, -0.15) is 0 Å². The highest BCUT2D eigenvalue weighted by atomic mass is 16.3. The molecule has 1 amide bonds. The Morgan fingerprint density at radius 1 is 1.60 bits per heavy atom. The Kier molecular flexibility index (Phi) is 5.05. The first-order valence-corrected chi connectivity index (χ1v) is 5.70. The van der Waals surface area contributed by atoms with E-state index >= 15 is 0 Å². The summed E-state index contributed by atoms with van der Waals surface area (Å²) in [5, 5.41) is 8.74. The van der Waals surface area contributed by atoms with Crippen LogP contribution >= 0.6 is 0 Å². The molecule has 0 saturated carbocycles. The maximum atomic E-state index is 11.8. The van der Waals surface area contributed by atoms with E-state index in [9.17, 15) is 4.79 Å². The number of amides is 1. The third-order valence-electron chi connectivity index (χ3n) is 2.90. The number of hydrogen-bond acceptors (Lipinski definition) is 3. The van der Waals surface area contributed by atoms with E-state index in [1.807, 2.05) is 16.8 Å². The van der Waals surface area contributed by atoms with E-state index in [2.05, 4.69) is 6.92 Å². The van der Waals surface area contributed by atoms with Crippen LogP contribution in [-0.2, 0) is 4.79 Å². The predicted molar refractivity (Wildman–Crippen MR) is 59.6 cm³/mol. The Morgan fingerprint density at radius 2 is 2.33 bits per heavy atom. The van der Waals surface area contributed by atoms with Crippen molar-refractivity contribution in [1.82, 2.24) is 9.80 Å². The van der Waals surface area contributed by atoms with E-state index < -0.39 is 0 Å². The third kappa shape index (κ3) is 4.18. The molecule has 1 aliphatic heterocycles. The summed E-state index contributed by atoms with van der Waals surface area (Å²) in [6, 6.07) is 0. The average molecular weight is 214 g/mol. The SMILES string of the molecule is CC1CCCN(C(=O)CN(C)CCO)C1. The van der Waals surface area contributed by atoms with Crippen molar-refractivity contribution in [2.24, 2.45) is 5.92 Å². The summed E-state index contributed by atoms with van der Waals surface area (Å²) in [7, 11) is 1.86. The van der Waals surface area contributed by atoms with E-state index in [0.717, 1.165) is 19.5 Å². The van der Waals surface area contributed by atoms with Crippen molar-refractivity contribution in [3.63, 3.8) is 0 Å². The van der Waals surface area contributed by atoms with Crippen molar-refractivity contribution in [3.8, 4) is 0 Å². The molecule has 1 N–H and O–H groups in total. The van der Waals surface area contributed by atoms with Crippen LogP contribution in [0.5, 0.6) is 0 Å². The van der Waals surface area contributed by atoms with E-state index in [4.69, 9.17) is 5.11 Å². The number of nitrogens with zero attached hydrogens (tertiary/aromatic N) is 2. The van der Waals surface area contributed by atoms with E-state index in [-0.39, 0.29) is 12.5 Å². The number of aliphatic hydroxyl groups excluding tert-OH is 1. The number of rotatable bonds is 4. The van der Waals surface area contributed by atoms with Gasteiger partial charge in [-0.05, 0) is 25.8 Å². The van der Waals surface area contributed by atoms with Crippen LogP contribution < -0.4 is 0 Å². The fourth-order valence-corrected chi connectivity index (χ4v) is 2.00. The number of likely N-dealkylation sites (tertiary alicyclic amines) is 1. The molecule has 1 heterocycles. The van der Waals surface area contributed by atoms with Crippen LogP contribution in [0.2, 0.25) is 0 Å². The molecule has 1 aliphatic rings. The van der Waals surface area contributed by atoms with Gasteiger partial charge in [-0.15, -0.1) is 0 Å². The molecule has 88 valence electrons. The van der Waals surface area contributed by atoms with E-state index in [1.165, 1.54) is 6.42 Å². The molecule has 0 aromatic heterocycles. The van der Waals surface area contributed by atoms with Crippen molar-refractivity contribution in [1.29, 1.82) is 0 Å². The van der Waals surface area contributed by atoms with Crippen LogP contribution in [0.25, 0.3) is 0 Å². The number of carbonyl (C=O) groups excluding carboxylic acids is 1. The van der Waals surface area contributed by atoms with Crippen LogP contribution in [0.4, 0.5) is 0 Å². The first kappa shape index (κ1) is 12.5. The standard InChI is InChI=1S/C11H22N2O2/c1-10-4-3-5-13(8-10)11(15)9-12(2)6-7-14/h10,14H,3-9H2,1-2H3. The van der Waals surface area contributed by atoms with E-state index in [0.29, 0.717) is 19.0 Å². The van der Waals surface area contributed by atoms with Gasteiger partial charge in [0.2, 0.25) is 5.91 Å². The van der Waals surface area contributed by atoms with Gasteiger partial charge < -0.3 is 10.0 Å². The number of piperidine rings is 1. The topological polar surface area (TPSA) is 43.8 Å². The molecule has 1 rings (SSSR count). The second-order valence-corrected chi connectivity index (χ2v) is 4.55. The summed E-state index contributed by atoms with van der Waals surface area (Å²) in [6.07, 6.45) is 2.35. The molecule has 0 aromatic carbocycles. The molecule has 1 saturated heterocycles. The van der Waals surface area contributed by atoms with Gasteiger partial charge in [0.15, 0.2) is 0 Å². The highest BCUT2D eigenvalue weighted by Crippen LogP contribution is 2.15. The minimum absolute atomic E-state index is 0.111. The van der Waals surface area contributed by atoms with Gasteiger partial charge in [0.05, 0.1) is 13.2 Å². The Hall–Kier alpha value is -0.610. The molecule has 0 aliphatic carbocycles. The average Bonchev–Trinajstić information content (AvgIpc) is 2.18. The molecular weight excluding hydrogens is 192 g/mol. The number of likely N-dealkylation sites (N-methyl/N-ethyl adjacent to an activating group) is 1. The summed E-state index contributed by atoms with van der Waals surface area (Å²) in [5.74, 6) is 0.823. The van der Waals surface area contributed by atoms with Crippen LogP contribution in [0, 0.1) is 5.92 Å². The van der Waals surface area contributed by atoms with Gasteiger partial charge in [-0.3, -0.25) is 9.69 Å². The second kappa shape index (κ2) is 6.08. The Bertz CT molecular complexity index is 209. The fraction of sp³-hybridized carbons (Fsp3) is 0.909. The minimum Gasteiger partial charge on any atom is -0.395 e. The molecule has 1 atom stereocenters. The van der Waals surface area contributed by atoms with Crippen molar-refractivity contribution < 1.29 is 9.90 Å². The lowest BCUT2D eigenvalue weighted by atomic mass is 10.0. The first-order chi connectivity index (χ1) is 7.13. The Labute approximate surface area is 91.9 Å². The zero-order valence-corrected chi connectivity index (χ0v) is 9.78. The molecule has 15 heavy (non-hydrogen) atoms. The Morgan fingerprint density at radius 3 is 2.93 bits per heavy atom. The molecule has 4 nitrogen and oxygen atoms in total. The maximum absolute atomic E-state index is 11.8. The largest absolute Gasteiger partial charge is 0.395 e. The lowest BCUT2D eigenvalue weighted by Gasteiger charge is -2.32. The van der Waals surface area contributed by atoms with Gasteiger partial charge in [0.1, 0.15) is 0 Å². The summed E-state index contributed by atoms with van der Waals surface area (Å²) >= 11 is 0. The third-order valence-corrected chi connectivity index (χ3v) is 2.90. The monoisotopic (exact) mass is 214 g/mol.